The Morgan fingerprint density at radius 2 is 1.91 bits per heavy atom. The molecule has 0 aliphatic heterocycles. The van der Waals surface area contributed by atoms with E-state index in [1.54, 1.807) is 23.9 Å². The van der Waals surface area contributed by atoms with Gasteiger partial charge in [0.25, 0.3) is 5.91 Å². The Bertz CT molecular complexity index is 739. The molecule has 0 fully saturated rings. The number of carbonyl (C=O) groups is 3. The predicted molar refractivity (Wildman–Crippen MR) is 91.5 cm³/mol. The number of thiophene rings is 1. The molecule has 120 valence electrons. The number of anilines is 1. The number of hydrogen-bond donors (Lipinski definition) is 1. The zero-order valence-electron chi connectivity index (χ0n) is 12.6. The van der Waals surface area contributed by atoms with E-state index < -0.39 is 11.9 Å². The zero-order valence-corrected chi connectivity index (χ0v) is 14.3. The lowest BCUT2D eigenvalue weighted by molar-refractivity contribution is -0.119. The van der Waals surface area contributed by atoms with Gasteiger partial charge in [0.15, 0.2) is 12.4 Å². The number of amides is 1. The smallest absolute Gasteiger partial charge is 0.348 e. The molecular formula is C16H15NO4S2. The maximum atomic E-state index is 11.8. The van der Waals surface area contributed by atoms with E-state index in [0.717, 1.165) is 16.2 Å². The normalized spacial score (nSPS) is 10.2. The molecule has 2 rings (SSSR count). The highest BCUT2D eigenvalue weighted by atomic mass is 32.2. The molecule has 0 saturated carbocycles. The molecule has 0 aliphatic rings. The summed E-state index contributed by atoms with van der Waals surface area (Å²) in [7, 11) is 0. The van der Waals surface area contributed by atoms with Gasteiger partial charge in [0.1, 0.15) is 4.88 Å². The van der Waals surface area contributed by atoms with E-state index >= 15 is 0 Å². The number of nitrogens with one attached hydrogen (secondary N) is 1. The van der Waals surface area contributed by atoms with E-state index in [1.165, 1.54) is 13.0 Å². The molecule has 0 unspecified atom stereocenters. The molecule has 0 atom stereocenters. The second-order valence-corrected chi connectivity index (χ2v) is 6.54. The van der Waals surface area contributed by atoms with Gasteiger partial charge < -0.3 is 10.1 Å². The summed E-state index contributed by atoms with van der Waals surface area (Å²) in [6, 6.07) is 10.5. The van der Waals surface area contributed by atoms with Crippen LogP contribution in [0.15, 0.2) is 41.3 Å². The summed E-state index contributed by atoms with van der Waals surface area (Å²) in [5, 5.41) is 2.67. The minimum Gasteiger partial charge on any atom is -0.451 e. The second-order valence-electron chi connectivity index (χ2n) is 4.58. The van der Waals surface area contributed by atoms with Crippen LogP contribution in [0.3, 0.4) is 0 Å². The Balaban J connectivity index is 1.87. The fraction of sp³-hybridized carbons (Fsp3) is 0.188. The van der Waals surface area contributed by atoms with Crippen molar-refractivity contribution in [3.05, 3.63) is 46.2 Å². The van der Waals surface area contributed by atoms with E-state index in [0.29, 0.717) is 15.4 Å². The molecule has 1 N–H and O–H groups in total. The van der Waals surface area contributed by atoms with Gasteiger partial charge in [-0.3, -0.25) is 9.59 Å². The van der Waals surface area contributed by atoms with Gasteiger partial charge in [-0.05, 0) is 43.5 Å². The van der Waals surface area contributed by atoms with Gasteiger partial charge in [0.05, 0.1) is 4.88 Å². The van der Waals surface area contributed by atoms with Crippen LogP contribution in [0.2, 0.25) is 0 Å². The Labute approximate surface area is 142 Å². The van der Waals surface area contributed by atoms with Crippen LogP contribution in [0.4, 0.5) is 5.69 Å². The maximum absolute atomic E-state index is 11.8. The lowest BCUT2D eigenvalue weighted by Crippen LogP contribution is -2.20. The van der Waals surface area contributed by atoms with Crippen molar-refractivity contribution in [1.82, 2.24) is 0 Å². The number of benzene rings is 1. The van der Waals surface area contributed by atoms with Crippen molar-refractivity contribution in [3.8, 4) is 0 Å². The third kappa shape index (κ3) is 4.94. The fourth-order valence-corrected chi connectivity index (χ4v) is 2.99. The number of rotatable bonds is 6. The maximum Gasteiger partial charge on any atom is 0.348 e. The van der Waals surface area contributed by atoms with Gasteiger partial charge in [-0.15, -0.1) is 23.1 Å². The quantitative estimate of drug-likeness (QED) is 0.491. The van der Waals surface area contributed by atoms with Crippen molar-refractivity contribution in [1.29, 1.82) is 0 Å². The van der Waals surface area contributed by atoms with Crippen LogP contribution >= 0.6 is 23.1 Å². The molecular weight excluding hydrogens is 334 g/mol. The van der Waals surface area contributed by atoms with Crippen LogP contribution in [-0.2, 0) is 9.53 Å². The van der Waals surface area contributed by atoms with Crippen LogP contribution in [0.25, 0.3) is 0 Å². The molecule has 0 saturated heterocycles. The zero-order chi connectivity index (χ0) is 16.8. The second kappa shape index (κ2) is 7.94. The number of hydrogen-bond acceptors (Lipinski definition) is 6. The first-order valence-electron chi connectivity index (χ1n) is 6.71. The molecule has 1 amide bonds. The molecule has 0 aliphatic carbocycles. The van der Waals surface area contributed by atoms with Gasteiger partial charge in [-0.2, -0.15) is 0 Å². The Morgan fingerprint density at radius 3 is 2.57 bits per heavy atom. The molecule has 23 heavy (non-hydrogen) atoms. The van der Waals surface area contributed by atoms with E-state index in [4.69, 9.17) is 4.74 Å². The highest BCUT2D eigenvalue weighted by Gasteiger charge is 2.14. The topological polar surface area (TPSA) is 72.5 Å². The standard InChI is InChI=1S/C16H15NO4S2/c1-10(18)13-6-7-14(23-13)16(20)21-9-15(19)17-11-4-3-5-12(8-11)22-2/h3-8H,9H2,1-2H3,(H,17,19). The van der Waals surface area contributed by atoms with Crippen molar-refractivity contribution >= 4 is 46.4 Å². The van der Waals surface area contributed by atoms with Crippen molar-refractivity contribution in [2.75, 3.05) is 18.2 Å². The van der Waals surface area contributed by atoms with E-state index in [2.05, 4.69) is 5.32 Å². The fourth-order valence-electron chi connectivity index (χ4n) is 1.74. The van der Waals surface area contributed by atoms with Crippen LogP contribution in [0.5, 0.6) is 0 Å². The number of thioether (sulfide) groups is 1. The van der Waals surface area contributed by atoms with Gasteiger partial charge in [-0.25, -0.2) is 4.79 Å². The van der Waals surface area contributed by atoms with Gasteiger partial charge >= 0.3 is 5.97 Å². The number of esters is 1. The predicted octanol–water partition coefficient (Wildman–Crippen LogP) is 3.47. The average molecular weight is 349 g/mol. The first kappa shape index (κ1) is 17.2. The lowest BCUT2D eigenvalue weighted by atomic mass is 10.3. The van der Waals surface area contributed by atoms with Crippen LogP contribution in [-0.4, -0.2) is 30.5 Å². The van der Waals surface area contributed by atoms with Crippen molar-refractivity contribution in [3.63, 3.8) is 0 Å². The summed E-state index contributed by atoms with van der Waals surface area (Å²) < 4.78 is 4.95. The molecule has 0 radical (unpaired) electrons. The largest absolute Gasteiger partial charge is 0.451 e. The number of carbonyl (C=O) groups excluding carboxylic acids is 3. The van der Waals surface area contributed by atoms with Crippen molar-refractivity contribution in [2.24, 2.45) is 0 Å². The van der Waals surface area contributed by atoms with Gasteiger partial charge in [0.2, 0.25) is 0 Å². The highest BCUT2D eigenvalue weighted by Crippen LogP contribution is 2.19. The summed E-state index contributed by atoms with van der Waals surface area (Å²) in [6.07, 6.45) is 1.94. The molecule has 5 nitrogen and oxygen atoms in total. The summed E-state index contributed by atoms with van der Waals surface area (Å²) in [6.45, 7) is 1.05. The number of ether oxygens (including phenoxy) is 1. The molecule has 2 aromatic rings. The number of Topliss-reactive ketones (excluding diaryl/α,β-unsaturated/α-hetero) is 1. The Hall–Kier alpha value is -2.12. The first-order valence-corrected chi connectivity index (χ1v) is 8.75. The molecule has 7 heteroatoms. The molecule has 0 bridgehead atoms. The summed E-state index contributed by atoms with van der Waals surface area (Å²) in [5.74, 6) is -1.14. The molecule has 1 heterocycles. The van der Waals surface area contributed by atoms with Gasteiger partial charge in [0, 0.05) is 10.6 Å². The Morgan fingerprint density at radius 1 is 1.17 bits per heavy atom. The average Bonchev–Trinajstić information content (AvgIpc) is 3.03. The first-order chi connectivity index (χ1) is 11.0. The molecule has 1 aromatic carbocycles. The lowest BCUT2D eigenvalue weighted by Gasteiger charge is -2.07. The molecule has 1 aromatic heterocycles. The van der Waals surface area contributed by atoms with Gasteiger partial charge in [-0.1, -0.05) is 6.07 Å². The monoisotopic (exact) mass is 349 g/mol. The van der Waals surface area contributed by atoms with Crippen molar-refractivity contribution < 1.29 is 19.1 Å². The van der Waals surface area contributed by atoms with Crippen LogP contribution < -0.4 is 5.32 Å². The number of ketones is 1. The van der Waals surface area contributed by atoms with E-state index in [1.807, 2.05) is 24.5 Å². The Kier molecular flexibility index (Phi) is 5.95. The van der Waals surface area contributed by atoms with Crippen molar-refractivity contribution in [2.45, 2.75) is 11.8 Å². The minimum absolute atomic E-state index is 0.111. The summed E-state index contributed by atoms with van der Waals surface area (Å²) in [5.41, 5.74) is 0.646. The third-order valence-electron chi connectivity index (χ3n) is 2.84. The molecule has 0 spiro atoms. The van der Waals surface area contributed by atoms with Crippen LogP contribution in [0, 0.1) is 0 Å². The van der Waals surface area contributed by atoms with E-state index in [9.17, 15) is 14.4 Å². The summed E-state index contributed by atoms with van der Waals surface area (Å²) in [4.78, 5) is 36.6. The highest BCUT2D eigenvalue weighted by molar-refractivity contribution is 7.98. The SMILES string of the molecule is CSc1cccc(NC(=O)COC(=O)c2ccc(C(C)=O)s2)c1. The van der Waals surface area contributed by atoms with Crippen LogP contribution in [0.1, 0.15) is 26.3 Å². The third-order valence-corrected chi connectivity index (χ3v) is 4.73. The minimum atomic E-state index is -0.615. The van der Waals surface area contributed by atoms with E-state index in [-0.39, 0.29) is 12.4 Å². The summed E-state index contributed by atoms with van der Waals surface area (Å²) >= 11 is 2.62.